The highest BCUT2D eigenvalue weighted by atomic mass is 32.2. The Balaban J connectivity index is 1.82. The zero-order valence-electron chi connectivity index (χ0n) is 19.8. The van der Waals surface area contributed by atoms with E-state index in [9.17, 15) is 8.42 Å². The van der Waals surface area contributed by atoms with E-state index in [2.05, 4.69) is 18.8 Å². The van der Waals surface area contributed by atoms with E-state index < -0.39 is 10.0 Å². The molecule has 0 N–H and O–H groups in total. The van der Waals surface area contributed by atoms with Crippen LogP contribution < -0.4 is 9.04 Å². The molecule has 1 aliphatic heterocycles. The molecule has 32 heavy (non-hydrogen) atoms. The molecule has 0 saturated carbocycles. The largest absolute Gasteiger partial charge is 0.493 e. The first-order chi connectivity index (χ1) is 15.2. The molecule has 6 nitrogen and oxygen atoms in total. The Morgan fingerprint density at radius 3 is 2.22 bits per heavy atom. The molecule has 0 bridgehead atoms. The van der Waals surface area contributed by atoms with Crippen molar-refractivity contribution in [1.29, 1.82) is 0 Å². The van der Waals surface area contributed by atoms with Gasteiger partial charge in [-0.25, -0.2) is 17.7 Å². The van der Waals surface area contributed by atoms with Gasteiger partial charge in [-0.2, -0.15) is 0 Å². The van der Waals surface area contributed by atoms with Gasteiger partial charge >= 0.3 is 0 Å². The van der Waals surface area contributed by atoms with Crippen molar-refractivity contribution in [1.82, 2.24) is 4.98 Å². The molecule has 0 spiro atoms. The Kier molecular flexibility index (Phi) is 8.17. The molecule has 0 aliphatic carbocycles. The average molecular weight is 461 g/mol. The van der Waals surface area contributed by atoms with Gasteiger partial charge in [0.05, 0.1) is 11.5 Å². The van der Waals surface area contributed by atoms with E-state index in [4.69, 9.17) is 9.47 Å². The van der Waals surface area contributed by atoms with Crippen molar-refractivity contribution in [3.63, 3.8) is 0 Å². The maximum atomic E-state index is 13.6. The van der Waals surface area contributed by atoms with E-state index in [1.165, 1.54) is 4.31 Å². The number of hydrogen-bond donors (Lipinski definition) is 0. The van der Waals surface area contributed by atoms with Gasteiger partial charge < -0.3 is 9.47 Å². The number of nitrogens with zero attached hydrogens (tertiary/aromatic N) is 2. The van der Waals surface area contributed by atoms with Gasteiger partial charge in [0, 0.05) is 25.5 Å². The minimum absolute atomic E-state index is 0.124. The lowest BCUT2D eigenvalue weighted by molar-refractivity contribution is 0.0497. The Morgan fingerprint density at radius 1 is 1.03 bits per heavy atom. The van der Waals surface area contributed by atoms with E-state index in [-0.39, 0.29) is 16.9 Å². The van der Waals surface area contributed by atoms with Crippen molar-refractivity contribution in [3.8, 4) is 5.75 Å². The fraction of sp³-hybridized carbons (Fsp3) is 0.560. The van der Waals surface area contributed by atoms with Gasteiger partial charge in [-0.05, 0) is 73.4 Å². The van der Waals surface area contributed by atoms with Crippen molar-refractivity contribution < 1.29 is 17.9 Å². The zero-order chi connectivity index (χ0) is 23.3. The summed E-state index contributed by atoms with van der Waals surface area (Å²) in [6.07, 6.45) is 3.76. The summed E-state index contributed by atoms with van der Waals surface area (Å²) in [5, 5.41) is 0. The van der Waals surface area contributed by atoms with Gasteiger partial charge in [-0.1, -0.05) is 33.8 Å². The summed E-state index contributed by atoms with van der Waals surface area (Å²) in [7, 11) is -3.78. The predicted octanol–water partition coefficient (Wildman–Crippen LogP) is 5.25. The lowest BCUT2D eigenvalue weighted by atomic mass is 10.0. The lowest BCUT2D eigenvalue weighted by Gasteiger charge is -2.32. The molecule has 1 fully saturated rings. The van der Waals surface area contributed by atoms with E-state index in [1.54, 1.807) is 36.5 Å². The number of sulfonamides is 1. The highest BCUT2D eigenvalue weighted by Crippen LogP contribution is 2.29. The Hall–Kier alpha value is -2.12. The van der Waals surface area contributed by atoms with Gasteiger partial charge in [-0.3, -0.25) is 0 Å². The molecule has 7 heteroatoms. The SMILES string of the molecule is CC(C)c1ccc(N(C(C)C(C)C)S(=O)(=O)c2ccc(OCC3CCOCC3)cc2)nc1. The summed E-state index contributed by atoms with van der Waals surface area (Å²) in [5.41, 5.74) is 1.08. The average Bonchev–Trinajstić information content (AvgIpc) is 2.79. The molecule has 1 unspecified atom stereocenters. The van der Waals surface area contributed by atoms with Crippen molar-refractivity contribution in [2.24, 2.45) is 11.8 Å². The molecule has 1 aromatic heterocycles. The fourth-order valence-corrected chi connectivity index (χ4v) is 5.38. The Morgan fingerprint density at radius 2 is 1.69 bits per heavy atom. The van der Waals surface area contributed by atoms with Crippen LogP contribution in [0.5, 0.6) is 5.75 Å². The van der Waals surface area contributed by atoms with Crippen LogP contribution in [0.1, 0.15) is 58.9 Å². The Labute approximate surface area is 193 Å². The topological polar surface area (TPSA) is 68.7 Å². The third-order valence-electron chi connectivity index (χ3n) is 6.21. The summed E-state index contributed by atoms with van der Waals surface area (Å²) in [5.74, 6) is 2.06. The van der Waals surface area contributed by atoms with Crippen LogP contribution >= 0.6 is 0 Å². The van der Waals surface area contributed by atoms with Crippen LogP contribution in [0, 0.1) is 11.8 Å². The highest BCUT2D eigenvalue weighted by molar-refractivity contribution is 7.92. The van der Waals surface area contributed by atoms with Crippen LogP contribution in [0.25, 0.3) is 0 Å². The van der Waals surface area contributed by atoms with E-state index in [0.29, 0.717) is 30.0 Å². The number of anilines is 1. The third-order valence-corrected chi connectivity index (χ3v) is 8.11. The number of ether oxygens (including phenoxy) is 2. The number of hydrogen-bond acceptors (Lipinski definition) is 5. The molecule has 2 heterocycles. The second-order valence-corrected chi connectivity index (χ2v) is 11.0. The van der Waals surface area contributed by atoms with Gasteiger partial charge in [0.2, 0.25) is 0 Å². The minimum atomic E-state index is -3.78. The monoisotopic (exact) mass is 460 g/mol. The van der Waals surface area contributed by atoms with E-state index >= 15 is 0 Å². The standard InChI is InChI=1S/C25H36N2O4S/c1-18(2)20(5)27(25-11-6-22(16-26-25)19(3)4)32(28,29)24-9-7-23(8-10-24)31-17-21-12-14-30-15-13-21/h6-11,16,18-21H,12-15,17H2,1-5H3. The molecule has 2 aromatic rings. The molecule has 1 aliphatic rings. The van der Waals surface area contributed by atoms with Crippen LogP contribution in [0.15, 0.2) is 47.5 Å². The predicted molar refractivity (Wildman–Crippen MR) is 128 cm³/mol. The highest BCUT2D eigenvalue weighted by Gasteiger charge is 2.32. The van der Waals surface area contributed by atoms with Crippen LogP contribution in [0.2, 0.25) is 0 Å². The molecule has 3 rings (SSSR count). The van der Waals surface area contributed by atoms with Crippen LogP contribution in [0.3, 0.4) is 0 Å². The normalized spacial score (nSPS) is 16.3. The summed E-state index contributed by atoms with van der Waals surface area (Å²) < 4.78 is 40.0. The summed E-state index contributed by atoms with van der Waals surface area (Å²) in [6, 6.07) is 10.2. The van der Waals surface area contributed by atoms with Crippen molar-refractivity contribution >= 4 is 15.8 Å². The van der Waals surface area contributed by atoms with Gasteiger partial charge in [0.1, 0.15) is 11.6 Å². The Bertz CT molecular complexity index is 950. The van der Waals surface area contributed by atoms with Crippen molar-refractivity contribution in [3.05, 3.63) is 48.2 Å². The summed E-state index contributed by atoms with van der Waals surface area (Å²) in [6.45, 7) is 12.3. The molecule has 1 saturated heterocycles. The summed E-state index contributed by atoms with van der Waals surface area (Å²) in [4.78, 5) is 4.74. The van der Waals surface area contributed by atoms with Crippen molar-refractivity contribution in [2.75, 3.05) is 24.1 Å². The maximum absolute atomic E-state index is 13.6. The first-order valence-corrected chi connectivity index (χ1v) is 12.9. The summed E-state index contributed by atoms with van der Waals surface area (Å²) >= 11 is 0. The van der Waals surface area contributed by atoms with Gasteiger partial charge in [0.25, 0.3) is 10.0 Å². The number of aromatic nitrogens is 1. The quantitative estimate of drug-likeness (QED) is 0.511. The second-order valence-electron chi connectivity index (χ2n) is 9.23. The molecule has 1 atom stereocenters. The smallest absolute Gasteiger partial charge is 0.265 e. The zero-order valence-corrected chi connectivity index (χ0v) is 20.6. The molecule has 1 aromatic carbocycles. The number of pyridine rings is 1. The number of rotatable bonds is 9. The van der Waals surface area contributed by atoms with Gasteiger partial charge in [-0.15, -0.1) is 0 Å². The molecule has 0 amide bonds. The maximum Gasteiger partial charge on any atom is 0.265 e. The minimum Gasteiger partial charge on any atom is -0.493 e. The van der Waals surface area contributed by atoms with E-state index in [1.807, 2.05) is 26.8 Å². The fourth-order valence-electron chi connectivity index (χ4n) is 3.64. The molecule has 0 radical (unpaired) electrons. The first-order valence-electron chi connectivity index (χ1n) is 11.5. The van der Waals surface area contributed by atoms with E-state index in [0.717, 1.165) is 31.6 Å². The van der Waals surface area contributed by atoms with Gasteiger partial charge in [0.15, 0.2) is 0 Å². The van der Waals surface area contributed by atoms with Crippen LogP contribution in [-0.2, 0) is 14.8 Å². The van der Waals surface area contributed by atoms with Crippen molar-refractivity contribution in [2.45, 2.75) is 64.3 Å². The lowest BCUT2D eigenvalue weighted by Crippen LogP contribution is -2.42. The van der Waals surface area contributed by atoms with Crippen LogP contribution in [-0.4, -0.2) is 39.3 Å². The number of benzene rings is 1. The first kappa shape index (κ1) is 24.5. The second kappa shape index (κ2) is 10.7. The molecular weight excluding hydrogens is 424 g/mol. The van der Waals surface area contributed by atoms with Crippen LogP contribution in [0.4, 0.5) is 5.82 Å². The molecule has 176 valence electrons. The molecular formula is C25H36N2O4S. The third kappa shape index (κ3) is 5.81.